The summed E-state index contributed by atoms with van der Waals surface area (Å²) in [7, 11) is 0. The van der Waals surface area contributed by atoms with Gasteiger partial charge in [0.2, 0.25) is 4.96 Å². The topological polar surface area (TPSA) is 56.5 Å². The van der Waals surface area contributed by atoms with Crippen molar-refractivity contribution in [3.05, 3.63) is 87.2 Å². The van der Waals surface area contributed by atoms with Gasteiger partial charge in [0.05, 0.1) is 4.53 Å². The minimum Gasteiger partial charge on any atom is -0.490 e. The SMILES string of the molecule is C=CCOc1ccc(-c2nc3sc(=Cc4ccc(CC)cc4)c(=O)n3n2)cc1. The predicted molar refractivity (Wildman–Crippen MR) is 113 cm³/mol. The highest BCUT2D eigenvalue weighted by Crippen LogP contribution is 2.20. The van der Waals surface area contributed by atoms with E-state index < -0.39 is 0 Å². The second kappa shape index (κ2) is 7.78. The van der Waals surface area contributed by atoms with Crippen LogP contribution in [0.25, 0.3) is 22.4 Å². The molecule has 28 heavy (non-hydrogen) atoms. The molecule has 0 spiro atoms. The molecule has 0 atom stereocenters. The summed E-state index contributed by atoms with van der Waals surface area (Å²) >= 11 is 1.34. The number of benzene rings is 2. The summed E-state index contributed by atoms with van der Waals surface area (Å²) in [5, 5.41) is 4.39. The van der Waals surface area contributed by atoms with Gasteiger partial charge in [-0.3, -0.25) is 4.79 Å². The van der Waals surface area contributed by atoms with E-state index in [4.69, 9.17) is 4.74 Å². The average Bonchev–Trinajstić information content (AvgIpc) is 3.27. The molecule has 2 aromatic carbocycles. The minimum absolute atomic E-state index is 0.149. The lowest BCUT2D eigenvalue weighted by Crippen LogP contribution is -2.23. The van der Waals surface area contributed by atoms with Gasteiger partial charge in [-0.25, -0.2) is 0 Å². The van der Waals surface area contributed by atoms with Gasteiger partial charge in [-0.15, -0.1) is 5.10 Å². The van der Waals surface area contributed by atoms with Gasteiger partial charge in [0.25, 0.3) is 5.56 Å². The zero-order valence-electron chi connectivity index (χ0n) is 15.5. The van der Waals surface area contributed by atoms with Crippen LogP contribution in [0, 0.1) is 0 Å². The van der Waals surface area contributed by atoms with Crippen molar-refractivity contribution in [3.8, 4) is 17.1 Å². The maximum atomic E-state index is 12.7. The predicted octanol–water partition coefficient (Wildman–Crippen LogP) is 3.49. The number of aryl methyl sites for hydroxylation is 1. The van der Waals surface area contributed by atoms with E-state index in [1.54, 1.807) is 6.08 Å². The fraction of sp³-hybridized carbons (Fsp3) is 0.136. The summed E-state index contributed by atoms with van der Waals surface area (Å²) in [6.07, 6.45) is 4.57. The maximum Gasteiger partial charge on any atom is 0.291 e. The average molecular weight is 389 g/mol. The van der Waals surface area contributed by atoms with Crippen LogP contribution >= 0.6 is 11.3 Å². The van der Waals surface area contributed by atoms with Crippen molar-refractivity contribution in [2.75, 3.05) is 6.61 Å². The van der Waals surface area contributed by atoms with Gasteiger partial charge >= 0.3 is 0 Å². The Morgan fingerprint density at radius 2 is 1.89 bits per heavy atom. The molecule has 4 aromatic rings. The molecule has 0 radical (unpaired) electrons. The fourth-order valence-corrected chi connectivity index (χ4v) is 3.72. The van der Waals surface area contributed by atoms with Crippen LogP contribution in [-0.2, 0) is 6.42 Å². The molecule has 6 heteroatoms. The molecule has 5 nitrogen and oxygen atoms in total. The second-order valence-electron chi connectivity index (χ2n) is 6.26. The van der Waals surface area contributed by atoms with Crippen LogP contribution in [0.5, 0.6) is 5.75 Å². The Kier molecular flexibility index (Phi) is 5.04. The summed E-state index contributed by atoms with van der Waals surface area (Å²) in [4.78, 5) is 17.8. The van der Waals surface area contributed by atoms with Crippen LogP contribution in [0.15, 0.2) is 66.0 Å². The lowest BCUT2D eigenvalue weighted by atomic mass is 10.1. The first kappa shape index (κ1) is 18.1. The van der Waals surface area contributed by atoms with E-state index in [0.717, 1.165) is 23.3 Å². The van der Waals surface area contributed by atoms with Crippen LogP contribution in [0.1, 0.15) is 18.1 Å². The van der Waals surface area contributed by atoms with E-state index >= 15 is 0 Å². The standard InChI is InChI=1S/C22H19N3O2S/c1-3-13-27-18-11-9-17(10-12-18)20-23-22-25(24-20)21(26)19(28-22)14-16-7-5-15(4-2)6-8-16/h3,5-12,14H,1,4,13H2,2H3. The fourth-order valence-electron chi connectivity index (χ4n) is 2.81. The largest absolute Gasteiger partial charge is 0.490 e. The molecule has 140 valence electrons. The first-order valence-corrected chi connectivity index (χ1v) is 9.84. The Balaban J connectivity index is 1.65. The van der Waals surface area contributed by atoms with Crippen molar-refractivity contribution in [2.24, 2.45) is 0 Å². The monoisotopic (exact) mass is 389 g/mol. The Morgan fingerprint density at radius 3 is 2.54 bits per heavy atom. The van der Waals surface area contributed by atoms with Crippen LogP contribution in [0.4, 0.5) is 0 Å². The number of hydrogen-bond acceptors (Lipinski definition) is 5. The van der Waals surface area contributed by atoms with Crippen LogP contribution < -0.4 is 14.8 Å². The number of hydrogen-bond donors (Lipinski definition) is 0. The number of thiazole rings is 1. The van der Waals surface area contributed by atoms with Crippen molar-refractivity contribution < 1.29 is 4.74 Å². The zero-order chi connectivity index (χ0) is 19.5. The summed E-state index contributed by atoms with van der Waals surface area (Å²) in [6, 6.07) is 15.7. The maximum absolute atomic E-state index is 12.7. The summed E-state index contributed by atoms with van der Waals surface area (Å²) < 4.78 is 7.47. The minimum atomic E-state index is -0.149. The van der Waals surface area contributed by atoms with Gasteiger partial charge in [-0.05, 0) is 47.9 Å². The third kappa shape index (κ3) is 3.59. The Morgan fingerprint density at radius 1 is 1.14 bits per heavy atom. The number of aromatic nitrogens is 3. The smallest absolute Gasteiger partial charge is 0.291 e. The van der Waals surface area contributed by atoms with Gasteiger partial charge in [0.15, 0.2) is 5.82 Å². The summed E-state index contributed by atoms with van der Waals surface area (Å²) in [5.41, 5.74) is 2.95. The van der Waals surface area contributed by atoms with Crippen LogP contribution in [0.2, 0.25) is 0 Å². The van der Waals surface area contributed by atoms with E-state index in [1.165, 1.54) is 21.4 Å². The van der Waals surface area contributed by atoms with Crippen LogP contribution in [0.3, 0.4) is 0 Å². The highest BCUT2D eigenvalue weighted by atomic mass is 32.1. The normalized spacial score (nSPS) is 11.8. The molecule has 0 fully saturated rings. The van der Waals surface area contributed by atoms with Crippen molar-refractivity contribution in [3.63, 3.8) is 0 Å². The molecular weight excluding hydrogens is 370 g/mol. The molecule has 0 bridgehead atoms. The quantitative estimate of drug-likeness (QED) is 0.474. The van der Waals surface area contributed by atoms with Crippen molar-refractivity contribution in [2.45, 2.75) is 13.3 Å². The van der Waals surface area contributed by atoms with Gasteiger partial charge in [-0.2, -0.15) is 9.50 Å². The van der Waals surface area contributed by atoms with Crippen molar-refractivity contribution >= 4 is 22.4 Å². The molecule has 0 aliphatic rings. The molecule has 0 amide bonds. The second-order valence-corrected chi connectivity index (χ2v) is 7.27. The molecule has 4 rings (SSSR count). The number of rotatable bonds is 6. The Bertz CT molecular complexity index is 1220. The molecule has 2 heterocycles. The van der Waals surface area contributed by atoms with E-state index in [9.17, 15) is 4.79 Å². The van der Waals surface area contributed by atoms with Gasteiger partial charge < -0.3 is 4.74 Å². The Hall–Kier alpha value is -3.25. The summed E-state index contributed by atoms with van der Waals surface area (Å²) in [6.45, 7) is 6.20. The highest BCUT2D eigenvalue weighted by molar-refractivity contribution is 7.15. The zero-order valence-corrected chi connectivity index (χ0v) is 16.3. The molecular formula is C22H19N3O2S. The molecule has 0 N–H and O–H groups in total. The molecule has 0 aliphatic heterocycles. The van der Waals surface area contributed by atoms with E-state index in [1.807, 2.05) is 42.5 Å². The molecule has 2 aromatic heterocycles. The number of ether oxygens (including phenoxy) is 1. The highest BCUT2D eigenvalue weighted by Gasteiger charge is 2.12. The molecule has 0 saturated carbocycles. The van der Waals surface area contributed by atoms with Crippen LogP contribution in [-0.4, -0.2) is 21.2 Å². The van der Waals surface area contributed by atoms with E-state index in [-0.39, 0.29) is 5.56 Å². The van der Waals surface area contributed by atoms with E-state index in [2.05, 4.69) is 35.7 Å². The molecule has 0 unspecified atom stereocenters. The van der Waals surface area contributed by atoms with Gasteiger partial charge in [0, 0.05) is 5.56 Å². The van der Waals surface area contributed by atoms with Gasteiger partial charge in [-0.1, -0.05) is 55.2 Å². The van der Waals surface area contributed by atoms with Crippen molar-refractivity contribution in [1.82, 2.24) is 14.6 Å². The van der Waals surface area contributed by atoms with Gasteiger partial charge in [0.1, 0.15) is 12.4 Å². The lowest BCUT2D eigenvalue weighted by Gasteiger charge is -2.02. The molecule has 0 saturated heterocycles. The molecule has 0 aliphatic carbocycles. The Labute approximate surface area is 166 Å². The lowest BCUT2D eigenvalue weighted by molar-refractivity contribution is 0.363. The van der Waals surface area contributed by atoms with E-state index in [0.29, 0.717) is 21.9 Å². The summed E-state index contributed by atoms with van der Waals surface area (Å²) in [5.74, 6) is 1.28. The number of nitrogens with zero attached hydrogens (tertiary/aromatic N) is 3. The number of fused-ring (bicyclic) bond motifs is 1. The van der Waals surface area contributed by atoms with Crippen molar-refractivity contribution in [1.29, 1.82) is 0 Å². The first-order valence-electron chi connectivity index (χ1n) is 9.02. The third-order valence-electron chi connectivity index (χ3n) is 4.35. The third-order valence-corrected chi connectivity index (χ3v) is 5.31. The first-order chi connectivity index (χ1) is 13.7.